The molecule has 0 radical (unpaired) electrons. The van der Waals surface area contributed by atoms with Crippen molar-refractivity contribution in [2.75, 3.05) is 6.54 Å². The molecular weight excluding hydrogens is 248 g/mol. The van der Waals surface area contributed by atoms with Crippen molar-refractivity contribution >= 4 is 0 Å². The Morgan fingerprint density at radius 3 is 2.65 bits per heavy atom. The van der Waals surface area contributed by atoms with Crippen LogP contribution in [0.2, 0.25) is 0 Å². The number of nitrogens with one attached hydrogen (secondary N) is 1. The molecule has 2 aromatic rings. The number of benzene rings is 2. The highest BCUT2D eigenvalue weighted by atomic mass is 16.3. The van der Waals surface area contributed by atoms with Crippen LogP contribution in [0, 0.1) is 18.3 Å². The lowest BCUT2D eigenvalue weighted by Gasteiger charge is -2.12. The summed E-state index contributed by atoms with van der Waals surface area (Å²) in [5.74, 6) is 0. The zero-order chi connectivity index (χ0) is 14.4. The average Bonchev–Trinajstić information content (AvgIpc) is 2.48. The highest BCUT2D eigenvalue weighted by molar-refractivity contribution is 5.32. The number of hydrogen-bond acceptors (Lipinski definition) is 3. The molecule has 0 aliphatic rings. The molecule has 1 unspecified atom stereocenters. The highest BCUT2D eigenvalue weighted by Crippen LogP contribution is 2.13. The van der Waals surface area contributed by atoms with Gasteiger partial charge in [-0.1, -0.05) is 42.0 Å². The minimum atomic E-state index is -0.519. The maximum atomic E-state index is 10.1. The number of aliphatic hydroxyl groups excluding tert-OH is 1. The summed E-state index contributed by atoms with van der Waals surface area (Å²) in [6.45, 7) is 3.15. The van der Waals surface area contributed by atoms with E-state index in [9.17, 15) is 5.11 Å². The number of aryl methyl sites for hydroxylation is 1. The van der Waals surface area contributed by atoms with Crippen LogP contribution in [0.5, 0.6) is 0 Å². The van der Waals surface area contributed by atoms with Crippen LogP contribution in [0.1, 0.15) is 28.4 Å². The molecule has 3 heteroatoms. The van der Waals surface area contributed by atoms with E-state index in [2.05, 4.69) is 11.4 Å². The summed E-state index contributed by atoms with van der Waals surface area (Å²) in [7, 11) is 0. The quantitative estimate of drug-likeness (QED) is 0.874. The predicted molar refractivity (Wildman–Crippen MR) is 79.0 cm³/mol. The van der Waals surface area contributed by atoms with Crippen LogP contribution in [-0.4, -0.2) is 11.7 Å². The zero-order valence-corrected chi connectivity index (χ0v) is 11.5. The van der Waals surface area contributed by atoms with Gasteiger partial charge < -0.3 is 10.4 Å². The second-order valence-corrected chi connectivity index (χ2v) is 4.87. The molecule has 0 spiro atoms. The highest BCUT2D eigenvalue weighted by Gasteiger charge is 2.06. The van der Waals surface area contributed by atoms with E-state index in [0.29, 0.717) is 18.7 Å². The molecule has 102 valence electrons. The van der Waals surface area contributed by atoms with E-state index in [1.807, 2.05) is 49.4 Å². The van der Waals surface area contributed by atoms with Crippen LogP contribution in [0.15, 0.2) is 48.5 Å². The molecule has 0 fully saturated rings. The van der Waals surface area contributed by atoms with Gasteiger partial charge in [0.15, 0.2) is 0 Å². The Morgan fingerprint density at radius 1 is 1.20 bits per heavy atom. The van der Waals surface area contributed by atoms with Gasteiger partial charge in [0.1, 0.15) is 0 Å². The summed E-state index contributed by atoms with van der Waals surface area (Å²) in [5.41, 5.74) is 3.79. The first-order chi connectivity index (χ1) is 9.69. The van der Waals surface area contributed by atoms with E-state index in [1.165, 1.54) is 5.56 Å². The Bertz CT molecular complexity index is 599. The molecule has 0 bridgehead atoms. The fourth-order valence-corrected chi connectivity index (χ4v) is 2.01. The third-order valence-corrected chi connectivity index (χ3v) is 3.19. The van der Waals surface area contributed by atoms with Crippen molar-refractivity contribution in [2.45, 2.75) is 19.6 Å². The summed E-state index contributed by atoms with van der Waals surface area (Å²) in [6, 6.07) is 17.5. The van der Waals surface area contributed by atoms with Gasteiger partial charge in [-0.25, -0.2) is 0 Å². The van der Waals surface area contributed by atoms with E-state index in [0.717, 1.165) is 11.1 Å². The first-order valence-electron chi connectivity index (χ1n) is 6.63. The summed E-state index contributed by atoms with van der Waals surface area (Å²) < 4.78 is 0. The molecule has 0 amide bonds. The third-order valence-electron chi connectivity index (χ3n) is 3.19. The van der Waals surface area contributed by atoms with E-state index < -0.39 is 6.10 Å². The van der Waals surface area contributed by atoms with Crippen molar-refractivity contribution in [1.29, 1.82) is 5.26 Å². The zero-order valence-electron chi connectivity index (χ0n) is 11.5. The smallest absolute Gasteiger partial charge is 0.0991 e. The van der Waals surface area contributed by atoms with Gasteiger partial charge in [-0.3, -0.25) is 0 Å². The lowest BCUT2D eigenvalue weighted by Crippen LogP contribution is -2.21. The van der Waals surface area contributed by atoms with E-state index in [1.54, 1.807) is 6.07 Å². The van der Waals surface area contributed by atoms with Gasteiger partial charge in [-0.15, -0.1) is 0 Å². The number of hydrogen-bond donors (Lipinski definition) is 2. The molecule has 0 aromatic heterocycles. The van der Waals surface area contributed by atoms with Crippen LogP contribution in [0.4, 0.5) is 0 Å². The molecule has 0 aliphatic heterocycles. The topological polar surface area (TPSA) is 56.0 Å². The minimum absolute atomic E-state index is 0.486. The van der Waals surface area contributed by atoms with Gasteiger partial charge in [-0.05, 0) is 30.2 Å². The van der Waals surface area contributed by atoms with Crippen LogP contribution >= 0.6 is 0 Å². The van der Waals surface area contributed by atoms with E-state index in [-0.39, 0.29) is 0 Å². The van der Waals surface area contributed by atoms with Gasteiger partial charge in [0.05, 0.1) is 17.7 Å². The molecule has 0 heterocycles. The maximum absolute atomic E-state index is 10.1. The second-order valence-electron chi connectivity index (χ2n) is 4.87. The van der Waals surface area contributed by atoms with Crippen LogP contribution < -0.4 is 5.32 Å². The van der Waals surface area contributed by atoms with Crippen molar-refractivity contribution in [1.82, 2.24) is 5.32 Å². The largest absolute Gasteiger partial charge is 0.387 e. The fourth-order valence-electron chi connectivity index (χ4n) is 2.01. The van der Waals surface area contributed by atoms with Crippen LogP contribution in [0.3, 0.4) is 0 Å². The van der Waals surface area contributed by atoms with Gasteiger partial charge in [0, 0.05) is 13.1 Å². The number of aliphatic hydroxyl groups is 1. The lowest BCUT2D eigenvalue weighted by molar-refractivity contribution is 0.174. The first kappa shape index (κ1) is 14.3. The third kappa shape index (κ3) is 3.92. The van der Waals surface area contributed by atoms with Gasteiger partial charge in [0.2, 0.25) is 0 Å². The molecule has 2 aromatic carbocycles. The Balaban J connectivity index is 1.86. The summed E-state index contributed by atoms with van der Waals surface area (Å²) in [6.07, 6.45) is -0.519. The number of nitriles is 1. The van der Waals surface area contributed by atoms with Gasteiger partial charge in [0.25, 0.3) is 0 Å². The van der Waals surface area contributed by atoms with Gasteiger partial charge >= 0.3 is 0 Å². The Hall–Kier alpha value is -2.15. The molecule has 1 atom stereocenters. The Kier molecular flexibility index (Phi) is 4.89. The minimum Gasteiger partial charge on any atom is -0.387 e. The molecule has 20 heavy (non-hydrogen) atoms. The van der Waals surface area contributed by atoms with Crippen molar-refractivity contribution in [2.24, 2.45) is 0 Å². The summed E-state index contributed by atoms with van der Waals surface area (Å²) >= 11 is 0. The standard InChI is InChI=1S/C17H18N2O/c1-13-5-7-16(8-6-13)17(20)12-19-11-15-4-2-3-14(9-15)10-18/h2-9,17,19-20H,11-12H2,1H3. The predicted octanol–water partition coefficient (Wildman–Crippen LogP) is 2.69. The molecular formula is C17H18N2O. The van der Waals surface area contributed by atoms with Crippen molar-refractivity contribution in [3.8, 4) is 6.07 Å². The molecule has 2 rings (SSSR count). The SMILES string of the molecule is Cc1ccc(C(O)CNCc2cccc(C#N)c2)cc1. The maximum Gasteiger partial charge on any atom is 0.0991 e. The van der Waals surface area contributed by atoms with Crippen molar-refractivity contribution in [3.05, 3.63) is 70.8 Å². The fraction of sp³-hybridized carbons (Fsp3) is 0.235. The number of nitrogens with zero attached hydrogens (tertiary/aromatic N) is 1. The Morgan fingerprint density at radius 2 is 1.95 bits per heavy atom. The summed E-state index contributed by atoms with van der Waals surface area (Å²) in [4.78, 5) is 0. The van der Waals surface area contributed by atoms with E-state index in [4.69, 9.17) is 5.26 Å². The molecule has 0 saturated carbocycles. The van der Waals surface area contributed by atoms with Crippen molar-refractivity contribution in [3.63, 3.8) is 0 Å². The molecule has 0 saturated heterocycles. The average molecular weight is 266 g/mol. The van der Waals surface area contributed by atoms with Crippen LogP contribution in [0.25, 0.3) is 0 Å². The number of rotatable bonds is 5. The molecule has 2 N–H and O–H groups in total. The molecule has 0 aliphatic carbocycles. The van der Waals surface area contributed by atoms with Gasteiger partial charge in [-0.2, -0.15) is 5.26 Å². The second kappa shape index (κ2) is 6.85. The van der Waals surface area contributed by atoms with Crippen molar-refractivity contribution < 1.29 is 5.11 Å². The Labute approximate surface area is 119 Å². The van der Waals surface area contributed by atoms with E-state index >= 15 is 0 Å². The first-order valence-corrected chi connectivity index (χ1v) is 6.63. The monoisotopic (exact) mass is 266 g/mol. The normalized spacial score (nSPS) is 11.8. The molecule has 3 nitrogen and oxygen atoms in total. The summed E-state index contributed by atoms with van der Waals surface area (Å²) in [5, 5.41) is 22.1. The van der Waals surface area contributed by atoms with Crippen LogP contribution in [-0.2, 0) is 6.54 Å². The lowest BCUT2D eigenvalue weighted by atomic mass is 10.1.